The van der Waals surface area contributed by atoms with Gasteiger partial charge in [-0.3, -0.25) is 9.59 Å². The zero-order valence-electron chi connectivity index (χ0n) is 19.8. The van der Waals surface area contributed by atoms with Crippen molar-refractivity contribution in [2.24, 2.45) is 0 Å². The molecule has 0 bridgehead atoms. The van der Waals surface area contributed by atoms with Gasteiger partial charge in [-0.05, 0) is 23.3 Å². The summed E-state index contributed by atoms with van der Waals surface area (Å²) in [5, 5.41) is 33.8. The zero-order valence-corrected chi connectivity index (χ0v) is 20.6. The second kappa shape index (κ2) is 11.8. The van der Waals surface area contributed by atoms with E-state index in [9.17, 15) is 24.3 Å². The Balaban J connectivity index is 1.54. The van der Waals surface area contributed by atoms with E-state index in [2.05, 4.69) is 15.6 Å². The third kappa shape index (κ3) is 6.14. The van der Waals surface area contributed by atoms with Crippen LogP contribution in [0, 0.1) is 0 Å². The summed E-state index contributed by atoms with van der Waals surface area (Å²) >= 11 is 0.911. The van der Waals surface area contributed by atoms with Crippen LogP contribution in [-0.2, 0) is 16.0 Å². The highest BCUT2D eigenvalue weighted by Gasteiger charge is 2.45. The number of aromatic carboxylic acids is 1. The highest BCUT2D eigenvalue weighted by Crippen LogP contribution is 2.27. The minimum Gasteiger partial charge on any atom is -0.491 e. The number of nitrogens with zero attached hydrogens (tertiary/aromatic N) is 2. The molecule has 0 unspecified atom stereocenters. The first-order chi connectivity index (χ1) is 18.3. The first kappa shape index (κ1) is 26.7. The van der Waals surface area contributed by atoms with Crippen molar-refractivity contribution in [1.29, 1.82) is 0 Å². The van der Waals surface area contributed by atoms with Crippen LogP contribution < -0.4 is 15.4 Å². The number of urea groups is 1. The van der Waals surface area contributed by atoms with Crippen molar-refractivity contribution in [3.8, 4) is 5.75 Å². The van der Waals surface area contributed by atoms with Gasteiger partial charge in [-0.1, -0.05) is 42.5 Å². The molecular weight excluding hydrogens is 516 g/mol. The molecule has 2 heterocycles. The van der Waals surface area contributed by atoms with Gasteiger partial charge >= 0.3 is 12.0 Å². The molecule has 1 saturated heterocycles. The van der Waals surface area contributed by atoms with Gasteiger partial charge in [0.05, 0.1) is 6.61 Å². The number of hydrogen-bond donors (Lipinski definition) is 5. The maximum absolute atomic E-state index is 13.4. The highest BCUT2D eigenvalue weighted by molar-refractivity contribution is 7.14. The van der Waals surface area contributed by atoms with Crippen LogP contribution in [0.4, 0.5) is 9.93 Å². The minimum absolute atomic E-state index is 0.0235. The van der Waals surface area contributed by atoms with Crippen LogP contribution in [0.1, 0.15) is 27.7 Å². The van der Waals surface area contributed by atoms with Crippen LogP contribution in [0.5, 0.6) is 5.75 Å². The van der Waals surface area contributed by atoms with Crippen molar-refractivity contribution in [2.75, 3.05) is 18.5 Å². The van der Waals surface area contributed by atoms with E-state index in [0.29, 0.717) is 16.9 Å². The number of carboxylic acid groups (broad SMARTS) is 1. The number of aromatic nitrogens is 1. The van der Waals surface area contributed by atoms with E-state index in [1.165, 1.54) is 5.38 Å². The lowest BCUT2D eigenvalue weighted by molar-refractivity contribution is -0.134. The first-order valence-electron chi connectivity index (χ1n) is 11.5. The molecule has 3 atom stereocenters. The third-order valence-corrected chi connectivity index (χ3v) is 6.43. The van der Waals surface area contributed by atoms with Gasteiger partial charge in [-0.15, -0.1) is 11.3 Å². The van der Waals surface area contributed by atoms with Gasteiger partial charge in [0.25, 0.3) is 5.91 Å². The molecule has 1 aliphatic heterocycles. The fraction of sp³-hybridized carbons (Fsp3) is 0.240. The van der Waals surface area contributed by atoms with Gasteiger partial charge in [0.15, 0.2) is 10.8 Å². The molecular formula is C25H24N4O8S. The van der Waals surface area contributed by atoms with E-state index in [4.69, 9.17) is 14.9 Å². The normalized spacial score (nSPS) is 16.6. The molecule has 198 valence electrons. The summed E-state index contributed by atoms with van der Waals surface area (Å²) in [5.41, 5.74) is 0.915. The number of carboxylic acids is 1. The molecule has 1 fully saturated rings. The zero-order chi connectivity index (χ0) is 27.2. The number of nitrogens with one attached hydrogen (secondary N) is 2. The first-order valence-corrected chi connectivity index (χ1v) is 12.3. The molecule has 2 aromatic carbocycles. The maximum Gasteiger partial charge on any atom is 0.355 e. The largest absolute Gasteiger partial charge is 0.491 e. The number of imide groups is 1. The molecule has 1 aromatic heterocycles. The number of carbonyl (C=O) groups is 4. The number of thiazole rings is 1. The predicted octanol–water partition coefficient (Wildman–Crippen LogP) is 1.42. The molecule has 5 N–H and O–H groups in total. The predicted molar refractivity (Wildman–Crippen MR) is 135 cm³/mol. The summed E-state index contributed by atoms with van der Waals surface area (Å²) in [5.74, 6) is -2.20. The van der Waals surface area contributed by atoms with E-state index < -0.39 is 48.6 Å². The SMILES string of the molecule is O=C(O)c1csc(NC(=O)[C@H](Cc2ccccc2)N2C(=O)N[C@H](c3ccc(OC[C@H](O)CO)cc3)C2=O)n1. The molecule has 4 rings (SSSR count). The van der Waals surface area contributed by atoms with Gasteiger partial charge < -0.3 is 30.7 Å². The van der Waals surface area contributed by atoms with Crippen LogP contribution in [0.2, 0.25) is 0 Å². The van der Waals surface area contributed by atoms with Crippen LogP contribution in [0.3, 0.4) is 0 Å². The fourth-order valence-electron chi connectivity index (χ4n) is 3.77. The quantitative estimate of drug-likeness (QED) is 0.225. The Bertz CT molecular complexity index is 1310. The molecule has 0 spiro atoms. The number of rotatable bonds is 11. The molecule has 0 saturated carbocycles. The van der Waals surface area contributed by atoms with Crippen molar-refractivity contribution in [3.05, 3.63) is 76.8 Å². The minimum atomic E-state index is -1.25. The number of ether oxygens (including phenoxy) is 1. The van der Waals surface area contributed by atoms with E-state index in [0.717, 1.165) is 16.2 Å². The summed E-state index contributed by atoms with van der Waals surface area (Å²) < 4.78 is 5.37. The number of benzene rings is 2. The number of aliphatic hydroxyl groups excluding tert-OH is 2. The van der Waals surface area contributed by atoms with Crippen LogP contribution >= 0.6 is 11.3 Å². The second-order valence-electron chi connectivity index (χ2n) is 8.35. The average Bonchev–Trinajstić information content (AvgIpc) is 3.50. The molecule has 0 radical (unpaired) electrons. The number of hydrogen-bond acceptors (Lipinski definition) is 9. The average molecular weight is 541 g/mol. The van der Waals surface area contributed by atoms with E-state index >= 15 is 0 Å². The van der Waals surface area contributed by atoms with Crippen LogP contribution in [0.25, 0.3) is 0 Å². The number of aliphatic hydroxyl groups is 2. The highest BCUT2D eigenvalue weighted by atomic mass is 32.1. The Morgan fingerprint density at radius 1 is 1.13 bits per heavy atom. The lowest BCUT2D eigenvalue weighted by atomic mass is 10.0. The topological polar surface area (TPSA) is 178 Å². The lowest BCUT2D eigenvalue weighted by Crippen LogP contribution is -2.49. The van der Waals surface area contributed by atoms with Gasteiger partial charge in [0, 0.05) is 11.8 Å². The number of carbonyl (C=O) groups excluding carboxylic acids is 3. The number of amides is 4. The van der Waals surface area contributed by atoms with Crippen molar-refractivity contribution in [3.63, 3.8) is 0 Å². The van der Waals surface area contributed by atoms with Crippen molar-refractivity contribution < 1.29 is 39.2 Å². The van der Waals surface area contributed by atoms with Crippen LogP contribution in [0.15, 0.2) is 60.0 Å². The molecule has 1 aliphatic rings. The molecule has 4 amide bonds. The second-order valence-corrected chi connectivity index (χ2v) is 9.20. The van der Waals surface area contributed by atoms with E-state index in [-0.39, 0.29) is 23.9 Å². The van der Waals surface area contributed by atoms with Crippen molar-refractivity contribution in [2.45, 2.75) is 24.6 Å². The third-order valence-electron chi connectivity index (χ3n) is 5.68. The van der Waals surface area contributed by atoms with Crippen molar-refractivity contribution >= 4 is 40.3 Å². The smallest absolute Gasteiger partial charge is 0.355 e. The Hall–Kier alpha value is -4.33. The Labute approximate surface area is 220 Å². The maximum atomic E-state index is 13.4. The van der Waals surface area contributed by atoms with Gasteiger partial charge in [-0.25, -0.2) is 19.5 Å². The molecule has 12 nitrogen and oxygen atoms in total. The summed E-state index contributed by atoms with van der Waals surface area (Å²) in [6, 6.07) is 12.0. The lowest BCUT2D eigenvalue weighted by Gasteiger charge is -2.24. The summed E-state index contributed by atoms with van der Waals surface area (Å²) in [7, 11) is 0. The Morgan fingerprint density at radius 2 is 1.84 bits per heavy atom. The van der Waals surface area contributed by atoms with Gasteiger partial charge in [-0.2, -0.15) is 0 Å². The van der Waals surface area contributed by atoms with E-state index in [1.807, 2.05) is 0 Å². The monoisotopic (exact) mass is 540 g/mol. The Kier molecular flexibility index (Phi) is 8.31. The number of anilines is 1. The van der Waals surface area contributed by atoms with Gasteiger partial charge in [0.2, 0.25) is 5.91 Å². The molecule has 38 heavy (non-hydrogen) atoms. The summed E-state index contributed by atoms with van der Waals surface area (Å²) in [6.07, 6.45) is -1.01. The van der Waals surface area contributed by atoms with Gasteiger partial charge in [0.1, 0.15) is 30.5 Å². The molecule has 3 aromatic rings. The molecule has 0 aliphatic carbocycles. The summed E-state index contributed by atoms with van der Waals surface area (Å²) in [4.78, 5) is 55.5. The molecule has 13 heteroatoms. The standard InChI is InChI=1S/C25H24N4O8S/c30-11-16(31)12-37-17-8-6-15(7-9-17)20-22(33)29(25(36)27-20)19(10-14-4-2-1-3-5-14)21(32)28-24-26-18(13-38-24)23(34)35/h1-9,13,16,19-20,30-31H,10-12H2,(H,27,36)(H,34,35)(H,26,28,32)/t16-,19+,20-/m1/s1. The summed E-state index contributed by atoms with van der Waals surface area (Å²) in [6.45, 7) is -0.566. The van der Waals surface area contributed by atoms with E-state index in [1.54, 1.807) is 54.6 Å². The Morgan fingerprint density at radius 3 is 2.47 bits per heavy atom. The van der Waals surface area contributed by atoms with Crippen LogP contribution in [-0.4, -0.2) is 74.4 Å². The van der Waals surface area contributed by atoms with Crippen molar-refractivity contribution in [1.82, 2.24) is 15.2 Å². The fourth-order valence-corrected chi connectivity index (χ4v) is 4.46.